The number of hydrogen-bond acceptors (Lipinski definition) is 1. The van der Waals surface area contributed by atoms with Crippen molar-refractivity contribution in [2.75, 3.05) is 5.32 Å². The van der Waals surface area contributed by atoms with E-state index < -0.39 is 17.7 Å². The van der Waals surface area contributed by atoms with Crippen molar-refractivity contribution >= 4 is 11.7 Å². The zero-order chi connectivity index (χ0) is 14.6. The van der Waals surface area contributed by atoms with Crippen LogP contribution in [0.2, 0.25) is 0 Å². The molecular formula is C14H18F2N2O. The van der Waals surface area contributed by atoms with Crippen molar-refractivity contribution in [2.45, 2.75) is 27.7 Å². The Morgan fingerprint density at radius 1 is 1.26 bits per heavy atom. The molecule has 3 nitrogen and oxygen atoms in total. The minimum Gasteiger partial charge on any atom is -0.314 e. The van der Waals surface area contributed by atoms with Crippen LogP contribution in [0.3, 0.4) is 0 Å². The van der Waals surface area contributed by atoms with Crippen molar-refractivity contribution in [1.82, 2.24) is 5.32 Å². The molecule has 1 aromatic rings. The van der Waals surface area contributed by atoms with Crippen LogP contribution in [0.15, 0.2) is 30.0 Å². The molecule has 0 fully saturated rings. The number of rotatable bonds is 2. The van der Waals surface area contributed by atoms with Crippen molar-refractivity contribution in [2.24, 2.45) is 5.41 Å². The highest BCUT2D eigenvalue weighted by Crippen LogP contribution is 2.23. The lowest BCUT2D eigenvalue weighted by molar-refractivity contribution is 0.254. The van der Waals surface area contributed by atoms with E-state index in [2.05, 4.69) is 10.6 Å². The van der Waals surface area contributed by atoms with Crippen molar-refractivity contribution in [3.05, 3.63) is 41.6 Å². The van der Waals surface area contributed by atoms with Gasteiger partial charge in [-0.2, -0.15) is 0 Å². The largest absolute Gasteiger partial charge is 0.323 e. The van der Waals surface area contributed by atoms with E-state index in [9.17, 15) is 13.6 Å². The summed E-state index contributed by atoms with van der Waals surface area (Å²) in [5.41, 5.74) is 0.693. The smallest absolute Gasteiger partial charge is 0.314 e. The molecular weight excluding hydrogens is 250 g/mol. The van der Waals surface area contributed by atoms with Gasteiger partial charge in [-0.05, 0) is 24.5 Å². The number of nitrogens with one attached hydrogen (secondary N) is 2. The van der Waals surface area contributed by atoms with Gasteiger partial charge in [-0.3, -0.25) is 0 Å². The molecule has 1 aromatic carbocycles. The van der Waals surface area contributed by atoms with Gasteiger partial charge in [-0.15, -0.1) is 0 Å². The monoisotopic (exact) mass is 268 g/mol. The summed E-state index contributed by atoms with van der Waals surface area (Å²) in [5.74, 6) is -1.30. The van der Waals surface area contributed by atoms with Crippen LogP contribution in [-0.2, 0) is 0 Å². The zero-order valence-electron chi connectivity index (χ0n) is 11.5. The molecule has 0 aliphatic heterocycles. The van der Waals surface area contributed by atoms with Crippen LogP contribution in [0, 0.1) is 17.0 Å². The van der Waals surface area contributed by atoms with Gasteiger partial charge in [0.1, 0.15) is 11.6 Å². The first-order valence-electron chi connectivity index (χ1n) is 5.90. The number of hydrogen-bond donors (Lipinski definition) is 2. The van der Waals surface area contributed by atoms with Crippen molar-refractivity contribution in [3.8, 4) is 0 Å². The average molecular weight is 268 g/mol. The van der Waals surface area contributed by atoms with Crippen LogP contribution >= 0.6 is 0 Å². The Balaban J connectivity index is 2.69. The van der Waals surface area contributed by atoms with Crippen molar-refractivity contribution in [3.63, 3.8) is 0 Å². The number of carbonyl (C=O) groups excluding carboxylic acids is 1. The molecule has 0 saturated heterocycles. The fourth-order valence-corrected chi connectivity index (χ4v) is 1.14. The summed E-state index contributed by atoms with van der Waals surface area (Å²) in [4.78, 5) is 11.6. The molecule has 2 N–H and O–H groups in total. The van der Waals surface area contributed by atoms with Gasteiger partial charge in [0.2, 0.25) is 0 Å². The highest BCUT2D eigenvalue weighted by atomic mass is 19.1. The molecule has 0 aliphatic rings. The maximum Gasteiger partial charge on any atom is 0.323 e. The fraction of sp³-hybridized carbons (Fsp3) is 0.357. The quantitative estimate of drug-likeness (QED) is 0.835. The molecule has 0 bridgehead atoms. The van der Waals surface area contributed by atoms with Gasteiger partial charge in [0.25, 0.3) is 0 Å². The summed E-state index contributed by atoms with van der Waals surface area (Å²) in [6.45, 7) is 7.89. The molecule has 5 heteroatoms. The van der Waals surface area contributed by atoms with Crippen LogP contribution in [0.25, 0.3) is 0 Å². The van der Waals surface area contributed by atoms with Gasteiger partial charge < -0.3 is 10.6 Å². The maximum absolute atomic E-state index is 13.3. The van der Waals surface area contributed by atoms with Gasteiger partial charge in [0.15, 0.2) is 0 Å². The van der Waals surface area contributed by atoms with E-state index in [1.807, 2.05) is 27.7 Å². The number of urea groups is 1. The summed E-state index contributed by atoms with van der Waals surface area (Å²) >= 11 is 0. The first-order chi connectivity index (χ1) is 8.70. The van der Waals surface area contributed by atoms with Gasteiger partial charge in [-0.25, -0.2) is 13.6 Å². The zero-order valence-corrected chi connectivity index (χ0v) is 11.5. The van der Waals surface area contributed by atoms with Crippen LogP contribution in [0.4, 0.5) is 19.3 Å². The first-order valence-corrected chi connectivity index (χ1v) is 5.90. The molecule has 0 spiro atoms. The molecule has 19 heavy (non-hydrogen) atoms. The predicted octanol–water partition coefficient (Wildman–Crippen LogP) is 4.04. The van der Waals surface area contributed by atoms with E-state index in [1.54, 1.807) is 6.20 Å². The maximum atomic E-state index is 13.3. The molecule has 0 unspecified atom stereocenters. The van der Waals surface area contributed by atoms with E-state index in [1.165, 1.54) is 0 Å². The third kappa shape index (κ3) is 4.69. The third-order valence-electron chi connectivity index (χ3n) is 2.78. The average Bonchev–Trinajstić information content (AvgIpc) is 2.29. The summed E-state index contributed by atoms with van der Waals surface area (Å²) < 4.78 is 26.2. The normalized spacial score (nSPS) is 12.2. The summed E-state index contributed by atoms with van der Waals surface area (Å²) in [6, 6.07) is 2.26. The second kappa shape index (κ2) is 5.82. The minimum absolute atomic E-state index is 0.0720. The van der Waals surface area contributed by atoms with E-state index in [-0.39, 0.29) is 11.1 Å². The Labute approximate surface area is 111 Å². The third-order valence-corrected chi connectivity index (χ3v) is 2.78. The highest BCUT2D eigenvalue weighted by Gasteiger charge is 2.13. The molecule has 2 amide bonds. The Hall–Kier alpha value is -1.91. The first kappa shape index (κ1) is 15.1. The Bertz CT molecular complexity index is 505. The summed E-state index contributed by atoms with van der Waals surface area (Å²) in [5, 5.41) is 4.73. The number of halogens is 2. The number of benzene rings is 1. The Morgan fingerprint density at radius 2 is 1.89 bits per heavy atom. The lowest BCUT2D eigenvalue weighted by Gasteiger charge is -2.19. The van der Waals surface area contributed by atoms with Gasteiger partial charge >= 0.3 is 6.03 Å². The van der Waals surface area contributed by atoms with Gasteiger partial charge in [0, 0.05) is 12.3 Å². The fourth-order valence-electron chi connectivity index (χ4n) is 1.14. The number of allylic oxidation sites excluding steroid dienone is 1. The molecule has 0 radical (unpaired) electrons. The Morgan fingerprint density at radius 3 is 2.47 bits per heavy atom. The Kier molecular flexibility index (Phi) is 4.64. The topological polar surface area (TPSA) is 41.1 Å². The standard InChI is InChI=1S/C14H18F2N2O/c1-9(14(2,3)4)8-17-13(19)18-12-7-10(15)5-6-11(12)16/h5-8H,1-4H3,(H2,17,18,19)/b9-8+. The van der Waals surface area contributed by atoms with Crippen LogP contribution < -0.4 is 10.6 Å². The summed E-state index contributed by atoms with van der Waals surface area (Å²) in [7, 11) is 0. The molecule has 104 valence electrons. The second-order valence-corrected chi connectivity index (χ2v) is 5.30. The predicted molar refractivity (Wildman–Crippen MR) is 71.7 cm³/mol. The number of anilines is 1. The number of amides is 2. The molecule has 0 aliphatic carbocycles. The molecule has 0 heterocycles. The molecule has 0 saturated carbocycles. The van der Waals surface area contributed by atoms with Crippen molar-refractivity contribution in [1.29, 1.82) is 0 Å². The van der Waals surface area contributed by atoms with Crippen LogP contribution in [0.1, 0.15) is 27.7 Å². The lowest BCUT2D eigenvalue weighted by atomic mass is 9.88. The van der Waals surface area contributed by atoms with E-state index in [4.69, 9.17) is 0 Å². The molecule has 0 atom stereocenters. The summed E-state index contributed by atoms with van der Waals surface area (Å²) in [6.07, 6.45) is 1.55. The van der Waals surface area contributed by atoms with Gasteiger partial charge in [0.05, 0.1) is 5.69 Å². The highest BCUT2D eigenvalue weighted by molar-refractivity contribution is 5.90. The van der Waals surface area contributed by atoms with Gasteiger partial charge in [-0.1, -0.05) is 26.3 Å². The minimum atomic E-state index is -0.687. The SMILES string of the molecule is C/C(=C\NC(=O)Nc1cc(F)ccc1F)C(C)(C)C. The molecule has 0 aromatic heterocycles. The second-order valence-electron chi connectivity index (χ2n) is 5.30. The lowest BCUT2D eigenvalue weighted by Crippen LogP contribution is -2.26. The number of carbonyl (C=O) groups is 1. The van der Waals surface area contributed by atoms with Crippen LogP contribution in [0.5, 0.6) is 0 Å². The molecule has 1 rings (SSSR count). The van der Waals surface area contributed by atoms with E-state index in [0.717, 1.165) is 23.8 Å². The van der Waals surface area contributed by atoms with E-state index in [0.29, 0.717) is 0 Å². The van der Waals surface area contributed by atoms with Crippen molar-refractivity contribution < 1.29 is 13.6 Å². The van der Waals surface area contributed by atoms with E-state index >= 15 is 0 Å². The van der Waals surface area contributed by atoms with Crippen LogP contribution in [-0.4, -0.2) is 6.03 Å².